The van der Waals surface area contributed by atoms with Gasteiger partial charge in [0.05, 0.1) is 16.8 Å². The maximum absolute atomic E-state index is 11.9. The molecule has 0 aliphatic rings. The number of nitrogens with zero attached hydrogens (tertiary/aromatic N) is 2. The highest BCUT2D eigenvalue weighted by Crippen LogP contribution is 2.43. The predicted molar refractivity (Wildman–Crippen MR) is 151 cm³/mol. The SMILES string of the molecule is CC.Cc1cc(N)ccc1-c1ccc(N=Nc2ccc3c(S(=O)(=O)O)cc(S(=O)(=O)O)c(N)c3c2O)cc1C. The van der Waals surface area contributed by atoms with E-state index in [1.165, 1.54) is 12.1 Å². The average Bonchev–Trinajstić information content (AvgIpc) is 2.84. The molecule has 206 valence electrons. The van der Waals surface area contributed by atoms with Crippen LogP contribution < -0.4 is 11.5 Å². The van der Waals surface area contributed by atoms with Gasteiger partial charge in [-0.05, 0) is 72.5 Å². The number of aromatic hydroxyl groups is 1. The first-order chi connectivity index (χ1) is 18.2. The highest BCUT2D eigenvalue weighted by atomic mass is 32.2. The predicted octanol–water partition coefficient (Wildman–Crippen LogP) is 5.93. The van der Waals surface area contributed by atoms with Crippen molar-refractivity contribution in [3.8, 4) is 16.9 Å². The number of anilines is 2. The minimum Gasteiger partial charge on any atom is -0.505 e. The molecule has 13 heteroatoms. The molecule has 0 fully saturated rings. The van der Waals surface area contributed by atoms with E-state index in [4.69, 9.17) is 11.5 Å². The van der Waals surface area contributed by atoms with E-state index < -0.39 is 46.9 Å². The molecule has 0 unspecified atom stereocenters. The van der Waals surface area contributed by atoms with Crippen LogP contribution in [0.4, 0.5) is 22.7 Å². The fourth-order valence-electron chi connectivity index (χ4n) is 4.08. The van der Waals surface area contributed by atoms with Gasteiger partial charge < -0.3 is 16.6 Å². The van der Waals surface area contributed by atoms with Crippen molar-refractivity contribution in [1.29, 1.82) is 0 Å². The number of hydrogen-bond donors (Lipinski definition) is 5. The third-order valence-corrected chi connectivity index (χ3v) is 7.59. The second kappa shape index (κ2) is 11.0. The van der Waals surface area contributed by atoms with E-state index in [1.807, 2.05) is 52.0 Å². The van der Waals surface area contributed by atoms with Gasteiger partial charge in [-0.2, -0.15) is 21.9 Å². The Morgan fingerprint density at radius 1 is 0.718 bits per heavy atom. The van der Waals surface area contributed by atoms with Crippen LogP contribution in [0.25, 0.3) is 21.9 Å². The monoisotopic (exact) mass is 572 g/mol. The van der Waals surface area contributed by atoms with Gasteiger partial charge in [0.2, 0.25) is 0 Å². The van der Waals surface area contributed by atoms with Crippen LogP contribution in [-0.4, -0.2) is 31.0 Å². The van der Waals surface area contributed by atoms with E-state index in [1.54, 1.807) is 12.1 Å². The van der Waals surface area contributed by atoms with Gasteiger partial charge in [-0.25, -0.2) is 0 Å². The summed E-state index contributed by atoms with van der Waals surface area (Å²) in [5.41, 5.74) is 15.9. The first-order valence-electron chi connectivity index (χ1n) is 11.6. The van der Waals surface area contributed by atoms with Crippen molar-refractivity contribution in [3.63, 3.8) is 0 Å². The van der Waals surface area contributed by atoms with Crippen LogP contribution in [0.1, 0.15) is 25.0 Å². The summed E-state index contributed by atoms with van der Waals surface area (Å²) in [6, 6.07) is 13.9. The fraction of sp³-hybridized carbons (Fsp3) is 0.154. The second-order valence-electron chi connectivity index (χ2n) is 8.37. The van der Waals surface area contributed by atoms with E-state index >= 15 is 0 Å². The summed E-state index contributed by atoms with van der Waals surface area (Å²) < 4.78 is 66.3. The average molecular weight is 573 g/mol. The van der Waals surface area contributed by atoms with Crippen molar-refractivity contribution < 1.29 is 31.0 Å². The lowest BCUT2D eigenvalue weighted by atomic mass is 9.96. The molecule has 0 bridgehead atoms. The number of hydrogen-bond acceptors (Lipinski definition) is 9. The number of phenolic OH excluding ortho intramolecular Hbond substituents is 1. The quantitative estimate of drug-likeness (QED) is 0.109. The lowest BCUT2D eigenvalue weighted by Crippen LogP contribution is -2.08. The van der Waals surface area contributed by atoms with E-state index in [-0.39, 0.29) is 11.1 Å². The molecule has 4 aromatic carbocycles. The van der Waals surface area contributed by atoms with Crippen molar-refractivity contribution in [2.24, 2.45) is 10.2 Å². The van der Waals surface area contributed by atoms with Crippen molar-refractivity contribution in [2.75, 3.05) is 11.5 Å². The zero-order valence-electron chi connectivity index (χ0n) is 21.5. The third-order valence-electron chi connectivity index (χ3n) is 5.80. The molecular weight excluding hydrogens is 544 g/mol. The Morgan fingerprint density at radius 2 is 1.28 bits per heavy atom. The highest BCUT2D eigenvalue weighted by molar-refractivity contribution is 7.87. The van der Waals surface area contributed by atoms with E-state index in [9.17, 15) is 31.0 Å². The lowest BCUT2D eigenvalue weighted by Gasteiger charge is -2.13. The molecule has 11 nitrogen and oxygen atoms in total. The zero-order valence-corrected chi connectivity index (χ0v) is 23.2. The molecular formula is C26H28N4O7S2. The molecule has 0 aliphatic heterocycles. The van der Waals surface area contributed by atoms with Crippen molar-refractivity contribution in [3.05, 3.63) is 65.7 Å². The summed E-state index contributed by atoms with van der Waals surface area (Å²) in [7, 11) is -9.96. The Hall–Kier alpha value is -4.04. The number of benzene rings is 4. The minimum atomic E-state index is -5.00. The summed E-state index contributed by atoms with van der Waals surface area (Å²) >= 11 is 0. The molecule has 0 spiro atoms. The molecule has 4 rings (SSSR count). The Balaban J connectivity index is 0.00000205. The molecule has 0 radical (unpaired) electrons. The van der Waals surface area contributed by atoms with Crippen molar-refractivity contribution in [1.82, 2.24) is 0 Å². The Kier molecular flexibility index (Phi) is 8.31. The Labute approximate surface area is 226 Å². The minimum absolute atomic E-state index is 0.163. The summed E-state index contributed by atoms with van der Waals surface area (Å²) in [4.78, 5) is -1.87. The summed E-state index contributed by atoms with van der Waals surface area (Å²) in [6.07, 6.45) is 0. The van der Waals surface area contributed by atoms with Crippen LogP contribution in [0.3, 0.4) is 0 Å². The van der Waals surface area contributed by atoms with E-state index in [0.717, 1.165) is 22.3 Å². The molecule has 4 aromatic rings. The highest BCUT2D eigenvalue weighted by Gasteiger charge is 2.26. The maximum Gasteiger partial charge on any atom is 0.296 e. The maximum atomic E-state index is 11.9. The zero-order chi connectivity index (χ0) is 29.3. The van der Waals surface area contributed by atoms with Crippen LogP contribution in [0, 0.1) is 13.8 Å². The first kappa shape index (κ1) is 29.5. The smallest absolute Gasteiger partial charge is 0.296 e. The molecule has 0 aromatic heterocycles. The molecule has 39 heavy (non-hydrogen) atoms. The first-order valence-corrected chi connectivity index (χ1v) is 14.5. The van der Waals surface area contributed by atoms with Crippen LogP contribution in [0.15, 0.2) is 74.6 Å². The number of rotatable bonds is 5. The van der Waals surface area contributed by atoms with Crippen LogP contribution in [0.5, 0.6) is 5.75 Å². The number of aryl methyl sites for hydroxylation is 2. The van der Waals surface area contributed by atoms with Crippen molar-refractivity contribution >= 4 is 53.8 Å². The van der Waals surface area contributed by atoms with Crippen molar-refractivity contribution in [2.45, 2.75) is 37.5 Å². The normalized spacial score (nSPS) is 11.9. The van der Waals surface area contributed by atoms with Crippen LogP contribution in [-0.2, 0) is 20.2 Å². The van der Waals surface area contributed by atoms with Gasteiger partial charge in [0, 0.05) is 11.1 Å². The fourth-order valence-corrected chi connectivity index (χ4v) is 5.51. The molecule has 0 saturated heterocycles. The Morgan fingerprint density at radius 3 is 1.82 bits per heavy atom. The number of nitrogen functional groups attached to an aromatic ring is 2. The molecule has 7 N–H and O–H groups in total. The number of fused-ring (bicyclic) bond motifs is 1. The number of nitrogens with two attached hydrogens (primary N) is 2. The third kappa shape index (κ3) is 6.01. The van der Waals surface area contributed by atoms with Crippen LogP contribution >= 0.6 is 0 Å². The molecule has 0 amide bonds. The van der Waals surface area contributed by atoms with Gasteiger partial charge >= 0.3 is 0 Å². The second-order valence-corrected chi connectivity index (χ2v) is 11.1. The van der Waals surface area contributed by atoms with Gasteiger partial charge in [0.25, 0.3) is 20.2 Å². The van der Waals surface area contributed by atoms with Crippen LogP contribution in [0.2, 0.25) is 0 Å². The Bertz CT molecular complexity index is 1840. The molecule has 0 aliphatic carbocycles. The molecule has 0 atom stereocenters. The summed E-state index contributed by atoms with van der Waals surface area (Å²) in [5, 5.41) is 18.2. The number of azo groups is 1. The van der Waals surface area contributed by atoms with Gasteiger partial charge in [0.15, 0.2) is 5.75 Å². The summed E-state index contributed by atoms with van der Waals surface area (Å²) in [6.45, 7) is 7.85. The molecule has 0 heterocycles. The van der Waals surface area contributed by atoms with E-state index in [2.05, 4.69) is 10.2 Å². The standard InChI is InChI=1S/C24H22N4O7S2.C2H6/c1-12-9-14(25)3-5-16(12)17-6-4-15(10-13(17)2)27-28-19-8-7-18-20(36(30,31)32)11-21(37(33,34)35)23(26)22(18)24(19)29;1-2/h3-11,29H,25-26H2,1-2H3,(H,30,31,32)(H,33,34,35);1-2H3. The van der Waals surface area contributed by atoms with Gasteiger partial charge in [-0.3, -0.25) is 9.11 Å². The van der Waals surface area contributed by atoms with Gasteiger partial charge in [-0.1, -0.05) is 32.0 Å². The number of phenols is 1. The van der Waals surface area contributed by atoms with Gasteiger partial charge in [-0.15, -0.1) is 5.11 Å². The molecule has 0 saturated carbocycles. The topological polar surface area (TPSA) is 206 Å². The largest absolute Gasteiger partial charge is 0.505 e. The summed E-state index contributed by atoms with van der Waals surface area (Å²) in [5.74, 6) is -0.694. The van der Waals surface area contributed by atoms with Gasteiger partial charge in [0.1, 0.15) is 15.5 Å². The lowest BCUT2D eigenvalue weighted by molar-refractivity contribution is 0.481. The van der Waals surface area contributed by atoms with E-state index in [0.29, 0.717) is 17.4 Å².